The standard InChI is InChI=1S/C22H28O4/c1-21(2,3)17-11-16(12-18(19(17)23)22(4,5)6)26-13-14-7-9-15(10-8-14)20(24)25/h7-12,23H,13H2,1-6H3,(H,24,25). The zero-order chi connectivity index (χ0) is 19.7. The van der Waals surface area contributed by atoms with E-state index in [0.717, 1.165) is 16.7 Å². The number of aromatic hydroxyl groups is 1. The molecule has 0 aliphatic rings. The number of hydrogen-bond donors (Lipinski definition) is 2. The van der Waals surface area contributed by atoms with Crippen LogP contribution in [0.25, 0.3) is 0 Å². The first kappa shape index (κ1) is 19.8. The number of phenolic OH excluding ortho intramolecular Hbond substituents is 1. The fraction of sp³-hybridized carbons (Fsp3) is 0.409. The Kier molecular flexibility index (Phi) is 5.36. The van der Waals surface area contributed by atoms with E-state index in [9.17, 15) is 9.90 Å². The number of benzene rings is 2. The Morgan fingerprint density at radius 2 is 1.38 bits per heavy atom. The average molecular weight is 356 g/mol. The van der Waals surface area contributed by atoms with E-state index in [1.54, 1.807) is 24.3 Å². The van der Waals surface area contributed by atoms with Crippen LogP contribution in [-0.4, -0.2) is 16.2 Å². The molecule has 4 heteroatoms. The SMILES string of the molecule is CC(C)(C)c1cc(OCc2ccc(C(=O)O)cc2)cc(C(C)(C)C)c1O. The second-order valence-electron chi connectivity index (χ2n) is 8.66. The van der Waals surface area contributed by atoms with E-state index in [0.29, 0.717) is 18.1 Å². The van der Waals surface area contributed by atoms with E-state index >= 15 is 0 Å². The minimum absolute atomic E-state index is 0.216. The largest absolute Gasteiger partial charge is 0.507 e. The molecule has 0 aromatic heterocycles. The lowest BCUT2D eigenvalue weighted by atomic mass is 9.79. The average Bonchev–Trinajstić information content (AvgIpc) is 2.52. The Balaban J connectivity index is 2.32. The molecule has 0 spiro atoms. The van der Waals surface area contributed by atoms with Gasteiger partial charge in [-0.3, -0.25) is 0 Å². The first-order chi connectivity index (χ1) is 11.9. The summed E-state index contributed by atoms with van der Waals surface area (Å²) in [5.74, 6) is 0.0729. The molecule has 0 atom stereocenters. The van der Waals surface area contributed by atoms with Gasteiger partial charge in [0.2, 0.25) is 0 Å². The maximum atomic E-state index is 10.9. The first-order valence-corrected chi connectivity index (χ1v) is 8.72. The molecule has 2 aromatic carbocycles. The molecule has 2 rings (SSSR count). The highest BCUT2D eigenvalue weighted by Crippen LogP contribution is 2.41. The van der Waals surface area contributed by atoms with Crippen molar-refractivity contribution < 1.29 is 19.7 Å². The topological polar surface area (TPSA) is 66.8 Å². The molecular weight excluding hydrogens is 328 g/mol. The molecule has 0 saturated heterocycles. The van der Waals surface area contributed by atoms with E-state index in [1.165, 1.54) is 0 Å². The van der Waals surface area contributed by atoms with Gasteiger partial charge in [0.05, 0.1) is 5.56 Å². The summed E-state index contributed by atoms with van der Waals surface area (Å²) in [6.07, 6.45) is 0. The number of carbonyl (C=O) groups is 1. The van der Waals surface area contributed by atoms with Crippen LogP contribution >= 0.6 is 0 Å². The lowest BCUT2D eigenvalue weighted by Crippen LogP contribution is -2.17. The number of carboxylic acids is 1. The van der Waals surface area contributed by atoms with Crippen LogP contribution in [-0.2, 0) is 17.4 Å². The Bertz CT molecular complexity index is 755. The normalized spacial score (nSPS) is 12.1. The van der Waals surface area contributed by atoms with Gasteiger partial charge >= 0.3 is 5.97 Å². The van der Waals surface area contributed by atoms with Crippen molar-refractivity contribution in [3.05, 3.63) is 58.7 Å². The Morgan fingerprint density at radius 3 is 1.77 bits per heavy atom. The van der Waals surface area contributed by atoms with Gasteiger partial charge in [0.15, 0.2) is 0 Å². The van der Waals surface area contributed by atoms with E-state index in [4.69, 9.17) is 9.84 Å². The van der Waals surface area contributed by atoms with Crippen LogP contribution in [0.15, 0.2) is 36.4 Å². The van der Waals surface area contributed by atoms with Gasteiger partial charge in [-0.1, -0.05) is 53.7 Å². The zero-order valence-electron chi connectivity index (χ0n) is 16.4. The molecule has 140 valence electrons. The molecular formula is C22H28O4. The number of hydrogen-bond acceptors (Lipinski definition) is 3. The smallest absolute Gasteiger partial charge is 0.335 e. The number of phenols is 1. The fourth-order valence-corrected chi connectivity index (χ4v) is 2.74. The number of ether oxygens (including phenoxy) is 1. The summed E-state index contributed by atoms with van der Waals surface area (Å²) in [7, 11) is 0. The third-order valence-corrected chi connectivity index (χ3v) is 4.31. The molecule has 0 bridgehead atoms. The van der Waals surface area contributed by atoms with Crippen molar-refractivity contribution in [1.82, 2.24) is 0 Å². The molecule has 0 radical (unpaired) electrons. The summed E-state index contributed by atoms with van der Waals surface area (Å²) in [6.45, 7) is 12.7. The van der Waals surface area contributed by atoms with Crippen LogP contribution in [0.3, 0.4) is 0 Å². The first-order valence-electron chi connectivity index (χ1n) is 8.72. The summed E-state index contributed by atoms with van der Waals surface area (Å²) in [5.41, 5.74) is 2.41. The molecule has 2 aromatic rings. The van der Waals surface area contributed by atoms with Crippen molar-refractivity contribution in [3.63, 3.8) is 0 Å². The van der Waals surface area contributed by atoms with Gasteiger partial charge in [0.25, 0.3) is 0 Å². The molecule has 0 amide bonds. The molecule has 0 aliphatic heterocycles. The van der Waals surface area contributed by atoms with Crippen molar-refractivity contribution in [2.24, 2.45) is 0 Å². The van der Waals surface area contributed by atoms with E-state index in [-0.39, 0.29) is 16.4 Å². The van der Waals surface area contributed by atoms with Crippen LogP contribution in [0.5, 0.6) is 11.5 Å². The molecule has 4 nitrogen and oxygen atoms in total. The van der Waals surface area contributed by atoms with E-state index in [1.807, 2.05) is 12.1 Å². The highest BCUT2D eigenvalue weighted by molar-refractivity contribution is 5.87. The van der Waals surface area contributed by atoms with Crippen LogP contribution in [0.1, 0.15) is 68.6 Å². The summed E-state index contributed by atoms with van der Waals surface area (Å²) >= 11 is 0. The Labute approximate surface area is 155 Å². The summed E-state index contributed by atoms with van der Waals surface area (Å²) in [5, 5.41) is 19.7. The van der Waals surface area contributed by atoms with Gasteiger partial charge in [-0.25, -0.2) is 4.79 Å². The minimum atomic E-state index is -0.944. The maximum absolute atomic E-state index is 10.9. The third-order valence-electron chi connectivity index (χ3n) is 4.31. The van der Waals surface area contributed by atoms with Crippen LogP contribution in [0, 0.1) is 0 Å². The van der Waals surface area contributed by atoms with Gasteiger partial charge < -0.3 is 14.9 Å². The monoisotopic (exact) mass is 356 g/mol. The van der Waals surface area contributed by atoms with E-state index in [2.05, 4.69) is 41.5 Å². The predicted molar refractivity (Wildman–Crippen MR) is 103 cm³/mol. The Hall–Kier alpha value is -2.49. The highest BCUT2D eigenvalue weighted by Gasteiger charge is 2.27. The van der Waals surface area contributed by atoms with Gasteiger partial charge in [-0.05, 0) is 40.7 Å². The molecule has 2 N–H and O–H groups in total. The number of aromatic carboxylic acids is 1. The van der Waals surface area contributed by atoms with Crippen molar-refractivity contribution in [1.29, 1.82) is 0 Å². The third kappa shape index (κ3) is 4.57. The number of carboxylic acid groups (broad SMARTS) is 1. The zero-order valence-corrected chi connectivity index (χ0v) is 16.4. The molecule has 0 unspecified atom stereocenters. The maximum Gasteiger partial charge on any atom is 0.335 e. The Morgan fingerprint density at radius 1 is 0.923 bits per heavy atom. The minimum Gasteiger partial charge on any atom is -0.507 e. The van der Waals surface area contributed by atoms with Crippen molar-refractivity contribution in [2.75, 3.05) is 0 Å². The van der Waals surface area contributed by atoms with Crippen molar-refractivity contribution in [2.45, 2.75) is 59.0 Å². The second-order valence-corrected chi connectivity index (χ2v) is 8.66. The lowest BCUT2D eigenvalue weighted by Gasteiger charge is -2.28. The lowest BCUT2D eigenvalue weighted by molar-refractivity contribution is 0.0697. The molecule has 0 heterocycles. The van der Waals surface area contributed by atoms with Gasteiger partial charge in [0.1, 0.15) is 18.1 Å². The van der Waals surface area contributed by atoms with Gasteiger partial charge in [-0.2, -0.15) is 0 Å². The molecule has 0 aliphatic carbocycles. The van der Waals surface area contributed by atoms with Crippen LogP contribution < -0.4 is 4.74 Å². The van der Waals surface area contributed by atoms with E-state index < -0.39 is 5.97 Å². The quantitative estimate of drug-likeness (QED) is 0.784. The summed E-state index contributed by atoms with van der Waals surface area (Å²) in [4.78, 5) is 10.9. The van der Waals surface area contributed by atoms with Gasteiger partial charge in [0, 0.05) is 11.1 Å². The van der Waals surface area contributed by atoms with Crippen molar-refractivity contribution in [3.8, 4) is 11.5 Å². The second kappa shape index (κ2) is 7.02. The van der Waals surface area contributed by atoms with Crippen LogP contribution in [0.2, 0.25) is 0 Å². The predicted octanol–water partition coefficient (Wildman–Crippen LogP) is 5.26. The highest BCUT2D eigenvalue weighted by atomic mass is 16.5. The van der Waals surface area contributed by atoms with Gasteiger partial charge in [-0.15, -0.1) is 0 Å². The summed E-state index contributed by atoms with van der Waals surface area (Å²) in [6, 6.07) is 10.4. The molecule has 0 saturated carbocycles. The number of rotatable bonds is 4. The molecule has 0 fully saturated rings. The molecule has 26 heavy (non-hydrogen) atoms. The fourth-order valence-electron chi connectivity index (χ4n) is 2.74. The van der Waals surface area contributed by atoms with Crippen LogP contribution in [0.4, 0.5) is 0 Å². The summed E-state index contributed by atoms with van der Waals surface area (Å²) < 4.78 is 5.96. The van der Waals surface area contributed by atoms with Crippen molar-refractivity contribution >= 4 is 5.97 Å².